The van der Waals surface area contributed by atoms with Crippen molar-refractivity contribution in [2.45, 2.75) is 89.4 Å². The van der Waals surface area contributed by atoms with E-state index in [1.165, 1.54) is 0 Å². The molecular formula is C25H38O6S3. The molecular weight excluding hydrogens is 492 g/mol. The lowest BCUT2D eigenvalue weighted by Crippen LogP contribution is -2.63. The van der Waals surface area contributed by atoms with Crippen LogP contribution >= 0.6 is 40.5 Å². The summed E-state index contributed by atoms with van der Waals surface area (Å²) in [6, 6.07) is 0. The van der Waals surface area contributed by atoms with E-state index in [-0.39, 0.29) is 92.9 Å². The van der Waals surface area contributed by atoms with Gasteiger partial charge in [0.25, 0.3) is 0 Å². The van der Waals surface area contributed by atoms with Crippen LogP contribution in [0.3, 0.4) is 0 Å². The molecule has 2 heterocycles. The second-order valence-corrected chi connectivity index (χ2v) is 11.2. The van der Waals surface area contributed by atoms with E-state index in [0.717, 1.165) is 37.7 Å². The second kappa shape index (κ2) is 8.73. The summed E-state index contributed by atoms with van der Waals surface area (Å²) in [5.41, 5.74) is -0.174. The van der Waals surface area contributed by atoms with E-state index >= 15 is 0 Å². The third-order valence-electron chi connectivity index (χ3n) is 10.3. The number of carbonyl (C=O) groups is 3. The highest BCUT2D eigenvalue weighted by Crippen LogP contribution is 2.78. The highest BCUT2D eigenvalue weighted by molar-refractivity contribution is 7.59. The van der Waals surface area contributed by atoms with Crippen molar-refractivity contribution in [3.8, 4) is 0 Å². The molecule has 3 saturated carbocycles. The Balaban J connectivity index is 0.00000108. The molecule has 2 saturated heterocycles. The molecule has 0 N–H and O–H groups in total. The van der Waals surface area contributed by atoms with Crippen LogP contribution in [-0.4, -0.2) is 41.6 Å². The number of hydrogen-bond acceptors (Lipinski definition) is 6. The first kappa shape index (κ1) is 27.9. The van der Waals surface area contributed by atoms with Gasteiger partial charge in [0.2, 0.25) is 0 Å². The normalized spacial score (nSPS) is 47.3. The minimum absolute atomic E-state index is 0. The van der Waals surface area contributed by atoms with Crippen LogP contribution in [-0.2, 0) is 28.6 Å². The van der Waals surface area contributed by atoms with Gasteiger partial charge in [-0.15, -0.1) is 0 Å². The molecule has 6 aliphatic rings. The molecule has 0 aromatic heterocycles. The standard InChI is InChI=1S/C25H32O6.3H2S/c1-4-29-21(28)16-12-14-11-15(26)5-8-22(14,2)25-18(30-25)13-23(3)17(20(16)25)6-9-24(23)10-7-19(27)31-24;;;/h11,16-18,20H,4-10,12-13H2,1-3H3;3*1H2/t16-,17+,18?,20+,22+,23+,24-,25-;;;/m1.../s1. The van der Waals surface area contributed by atoms with E-state index in [0.29, 0.717) is 25.9 Å². The van der Waals surface area contributed by atoms with Crippen LogP contribution in [0.5, 0.6) is 0 Å². The van der Waals surface area contributed by atoms with Gasteiger partial charge in [0.05, 0.1) is 18.6 Å². The first-order valence-corrected chi connectivity index (χ1v) is 12.0. The van der Waals surface area contributed by atoms with Gasteiger partial charge in [0.15, 0.2) is 5.78 Å². The molecule has 0 aromatic carbocycles. The van der Waals surface area contributed by atoms with Crippen molar-refractivity contribution in [2.75, 3.05) is 6.61 Å². The zero-order valence-electron chi connectivity index (χ0n) is 20.2. The zero-order valence-corrected chi connectivity index (χ0v) is 23.2. The second-order valence-electron chi connectivity index (χ2n) is 11.2. The van der Waals surface area contributed by atoms with E-state index in [2.05, 4.69) is 13.8 Å². The molecule has 0 aromatic rings. The molecule has 0 bridgehead atoms. The van der Waals surface area contributed by atoms with Crippen LogP contribution in [0, 0.1) is 28.6 Å². The van der Waals surface area contributed by atoms with Gasteiger partial charge in [-0.05, 0) is 57.4 Å². The maximum absolute atomic E-state index is 13.3. The van der Waals surface area contributed by atoms with Gasteiger partial charge in [-0.2, -0.15) is 40.5 Å². The largest absolute Gasteiger partial charge is 0.466 e. The molecule has 1 unspecified atom stereocenters. The molecule has 5 fully saturated rings. The molecule has 8 atom stereocenters. The van der Waals surface area contributed by atoms with Crippen LogP contribution in [0.2, 0.25) is 0 Å². The quantitative estimate of drug-likeness (QED) is 0.398. The van der Waals surface area contributed by atoms with E-state index in [9.17, 15) is 14.4 Å². The molecule has 0 radical (unpaired) electrons. The van der Waals surface area contributed by atoms with Gasteiger partial charge >= 0.3 is 11.9 Å². The Hall–Kier alpha value is -0.640. The minimum atomic E-state index is -0.425. The molecule has 6 nitrogen and oxygen atoms in total. The summed E-state index contributed by atoms with van der Waals surface area (Å²) in [6.07, 6.45) is 7.64. The van der Waals surface area contributed by atoms with Crippen LogP contribution in [0.15, 0.2) is 11.6 Å². The summed E-state index contributed by atoms with van der Waals surface area (Å²) in [5, 5.41) is 0. The predicted molar refractivity (Wildman–Crippen MR) is 141 cm³/mol. The fraction of sp³-hybridized carbons (Fsp3) is 0.800. The summed E-state index contributed by atoms with van der Waals surface area (Å²) < 4.78 is 18.3. The lowest BCUT2D eigenvalue weighted by molar-refractivity contribution is -0.173. The van der Waals surface area contributed by atoms with Gasteiger partial charge in [0.1, 0.15) is 11.2 Å². The van der Waals surface area contributed by atoms with E-state index in [1.54, 1.807) is 6.08 Å². The Labute approximate surface area is 222 Å². The van der Waals surface area contributed by atoms with E-state index in [4.69, 9.17) is 14.2 Å². The molecule has 0 amide bonds. The van der Waals surface area contributed by atoms with Gasteiger partial charge < -0.3 is 14.2 Å². The number of epoxide rings is 1. The van der Waals surface area contributed by atoms with E-state index in [1.807, 2.05) is 6.92 Å². The van der Waals surface area contributed by atoms with Crippen molar-refractivity contribution in [1.82, 2.24) is 0 Å². The molecule has 34 heavy (non-hydrogen) atoms. The smallest absolute Gasteiger partial charge is 0.309 e. The van der Waals surface area contributed by atoms with Crippen LogP contribution in [0.4, 0.5) is 0 Å². The summed E-state index contributed by atoms with van der Waals surface area (Å²) >= 11 is 0. The Morgan fingerprint density at radius 3 is 2.50 bits per heavy atom. The number of fused-ring (bicyclic) bond motifs is 4. The molecule has 192 valence electrons. The monoisotopic (exact) mass is 530 g/mol. The maximum Gasteiger partial charge on any atom is 0.309 e. The SMILES string of the molecule is CCOC(=O)[C@@H]1CC2=CC(=O)CC[C@]2(C)[C@@]23OC2C[C@@]2(C)[C@@H](CC[C@@]24CCC(=O)O4)[C@H]13.S.S.S. The molecule has 9 heteroatoms. The van der Waals surface area contributed by atoms with Crippen LogP contribution in [0.1, 0.15) is 72.1 Å². The highest BCUT2D eigenvalue weighted by Gasteiger charge is 2.83. The fourth-order valence-electron chi connectivity index (χ4n) is 8.78. The molecule has 6 rings (SSSR count). The number of ether oxygens (including phenoxy) is 3. The van der Waals surface area contributed by atoms with Gasteiger partial charge in [-0.1, -0.05) is 19.4 Å². The lowest BCUT2D eigenvalue weighted by atomic mass is 9.43. The molecule has 2 spiro atoms. The van der Waals surface area contributed by atoms with Crippen molar-refractivity contribution >= 4 is 58.2 Å². The van der Waals surface area contributed by atoms with Gasteiger partial charge in [-0.3, -0.25) is 14.4 Å². The first-order chi connectivity index (χ1) is 14.7. The topological polar surface area (TPSA) is 82.2 Å². The number of hydrogen-bond donors (Lipinski definition) is 0. The summed E-state index contributed by atoms with van der Waals surface area (Å²) in [7, 11) is 0. The highest BCUT2D eigenvalue weighted by atomic mass is 32.1. The maximum atomic E-state index is 13.3. The Kier molecular flexibility index (Phi) is 7.18. The Bertz CT molecular complexity index is 938. The van der Waals surface area contributed by atoms with Crippen molar-refractivity contribution < 1.29 is 28.6 Å². The lowest BCUT2D eigenvalue weighted by Gasteiger charge is -2.58. The van der Waals surface area contributed by atoms with Gasteiger partial charge in [0, 0.05) is 29.6 Å². The van der Waals surface area contributed by atoms with E-state index < -0.39 is 11.2 Å². The molecule has 4 aliphatic carbocycles. The summed E-state index contributed by atoms with van der Waals surface area (Å²) in [5.74, 6) is -0.154. The summed E-state index contributed by atoms with van der Waals surface area (Å²) in [4.78, 5) is 37.7. The minimum Gasteiger partial charge on any atom is -0.466 e. The number of ketones is 1. The Morgan fingerprint density at radius 1 is 1.12 bits per heavy atom. The van der Waals surface area contributed by atoms with Crippen molar-refractivity contribution in [3.05, 3.63) is 11.6 Å². The van der Waals surface area contributed by atoms with Crippen molar-refractivity contribution in [2.24, 2.45) is 28.6 Å². The predicted octanol–water partition coefficient (Wildman–Crippen LogP) is 3.85. The van der Waals surface area contributed by atoms with Gasteiger partial charge in [-0.25, -0.2) is 0 Å². The number of esters is 2. The fourth-order valence-corrected chi connectivity index (χ4v) is 8.78. The summed E-state index contributed by atoms with van der Waals surface area (Å²) in [6.45, 7) is 6.71. The zero-order chi connectivity index (χ0) is 21.8. The number of rotatable bonds is 2. The van der Waals surface area contributed by atoms with Crippen LogP contribution < -0.4 is 0 Å². The van der Waals surface area contributed by atoms with Crippen LogP contribution in [0.25, 0.3) is 0 Å². The number of carbonyl (C=O) groups excluding carboxylic acids is 3. The van der Waals surface area contributed by atoms with Crippen molar-refractivity contribution in [1.29, 1.82) is 0 Å². The average Bonchev–Trinajstić information content (AvgIpc) is 3.20. The first-order valence-electron chi connectivity index (χ1n) is 12.0. The molecule has 2 aliphatic heterocycles. The third-order valence-corrected chi connectivity index (χ3v) is 10.3. The van der Waals surface area contributed by atoms with Crippen molar-refractivity contribution in [3.63, 3.8) is 0 Å². The third kappa shape index (κ3) is 3.18. The Morgan fingerprint density at radius 2 is 1.85 bits per heavy atom. The average molecular weight is 531 g/mol.